The molecular weight excluding hydrogens is 285 g/mol. The van der Waals surface area contributed by atoms with Crippen LogP contribution in [0.15, 0.2) is 24.3 Å². The topological polar surface area (TPSA) is 46.5 Å². The Hall–Kier alpha value is -1.56. The molecule has 115 valence electrons. The van der Waals surface area contributed by atoms with Crippen LogP contribution in [0.4, 0.5) is 13.2 Å². The minimum Gasteiger partial charge on any atom is -0.406 e. The number of rotatable bonds is 4. The van der Waals surface area contributed by atoms with Crippen molar-refractivity contribution in [3.8, 4) is 5.75 Å². The number of ether oxygens (including phenoxy) is 1. The Bertz CT molecular complexity index is 493. The Balaban J connectivity index is 2.26. The van der Waals surface area contributed by atoms with Crippen LogP contribution in [0.1, 0.15) is 43.6 Å². The number of aliphatic hydroxyl groups is 1. The van der Waals surface area contributed by atoms with Gasteiger partial charge in [-0.25, -0.2) is 0 Å². The quantitative estimate of drug-likeness (QED) is 0.926. The lowest BCUT2D eigenvalue weighted by Gasteiger charge is -2.36. The van der Waals surface area contributed by atoms with Crippen molar-refractivity contribution in [2.24, 2.45) is 0 Å². The molecule has 1 radical (unpaired) electrons. The van der Waals surface area contributed by atoms with Crippen LogP contribution in [0.3, 0.4) is 0 Å². The van der Waals surface area contributed by atoms with E-state index in [1.165, 1.54) is 12.1 Å². The molecule has 1 unspecified atom stereocenters. The minimum absolute atomic E-state index is 0.288. The predicted octanol–water partition coefficient (Wildman–Crippen LogP) is 3.47. The molecule has 6 heteroatoms. The number of benzene rings is 1. The molecule has 0 amide bonds. The van der Waals surface area contributed by atoms with Gasteiger partial charge in [0.2, 0.25) is 6.29 Å². The highest BCUT2D eigenvalue weighted by molar-refractivity contribution is 5.65. The van der Waals surface area contributed by atoms with Crippen molar-refractivity contribution in [3.63, 3.8) is 0 Å². The molecule has 21 heavy (non-hydrogen) atoms. The van der Waals surface area contributed by atoms with Gasteiger partial charge in [0.15, 0.2) is 0 Å². The van der Waals surface area contributed by atoms with Gasteiger partial charge < -0.3 is 9.84 Å². The van der Waals surface area contributed by atoms with Gasteiger partial charge >= 0.3 is 6.36 Å². The van der Waals surface area contributed by atoms with Crippen LogP contribution < -0.4 is 4.74 Å². The van der Waals surface area contributed by atoms with E-state index >= 15 is 0 Å². The molecule has 1 aliphatic rings. The molecule has 1 saturated carbocycles. The van der Waals surface area contributed by atoms with Crippen molar-refractivity contribution in [1.29, 1.82) is 0 Å². The van der Waals surface area contributed by atoms with E-state index in [1.54, 1.807) is 6.29 Å². The number of alkyl halides is 3. The zero-order valence-electron chi connectivity index (χ0n) is 11.3. The van der Waals surface area contributed by atoms with Crippen LogP contribution in [0.5, 0.6) is 5.75 Å². The first kappa shape index (κ1) is 15.8. The lowest BCUT2D eigenvalue weighted by Crippen LogP contribution is -2.39. The van der Waals surface area contributed by atoms with Crippen molar-refractivity contribution in [2.45, 2.75) is 50.0 Å². The Morgan fingerprint density at radius 3 is 2.48 bits per heavy atom. The highest BCUT2D eigenvalue weighted by Crippen LogP contribution is 2.39. The Morgan fingerprint density at radius 1 is 1.24 bits per heavy atom. The molecule has 1 aliphatic carbocycles. The van der Waals surface area contributed by atoms with Gasteiger partial charge in [0.05, 0.1) is 11.5 Å². The molecule has 0 aliphatic heterocycles. The third kappa shape index (κ3) is 3.97. The fraction of sp³-hybridized carbons (Fsp3) is 0.533. The van der Waals surface area contributed by atoms with Crippen LogP contribution >= 0.6 is 0 Å². The third-order valence-electron chi connectivity index (χ3n) is 3.80. The summed E-state index contributed by atoms with van der Waals surface area (Å²) in [4.78, 5) is 11.3. The van der Waals surface area contributed by atoms with E-state index in [0.717, 1.165) is 31.4 Å². The average Bonchev–Trinajstić information content (AvgIpc) is 2.38. The number of carbonyl (C=O) groups excluding carboxylic acids is 1. The van der Waals surface area contributed by atoms with Gasteiger partial charge in [-0.15, -0.1) is 13.2 Å². The molecule has 0 spiro atoms. The van der Waals surface area contributed by atoms with E-state index in [4.69, 9.17) is 0 Å². The smallest absolute Gasteiger partial charge is 0.406 e. The van der Waals surface area contributed by atoms with Gasteiger partial charge in [0, 0.05) is 0 Å². The molecule has 0 aromatic heterocycles. The summed E-state index contributed by atoms with van der Waals surface area (Å²) in [6.07, 6.45) is 0.422. The maximum atomic E-state index is 12.2. The molecular formula is C15H16F3O3. The predicted molar refractivity (Wildman–Crippen MR) is 69.6 cm³/mol. The van der Waals surface area contributed by atoms with E-state index < -0.39 is 23.6 Å². The average molecular weight is 301 g/mol. The summed E-state index contributed by atoms with van der Waals surface area (Å²) in [5.74, 6) is -1.37. The summed E-state index contributed by atoms with van der Waals surface area (Å²) in [5, 5.41) is 10.6. The molecule has 3 nitrogen and oxygen atoms in total. The second kappa shape index (κ2) is 6.05. The second-order valence-electron chi connectivity index (χ2n) is 5.34. The van der Waals surface area contributed by atoms with Gasteiger partial charge in [-0.3, -0.25) is 4.79 Å². The molecule has 1 fully saturated rings. The van der Waals surface area contributed by atoms with Crippen LogP contribution in [-0.2, 0) is 4.79 Å². The molecule has 2 rings (SSSR count). The summed E-state index contributed by atoms with van der Waals surface area (Å²) in [6, 6.07) is 5.16. The van der Waals surface area contributed by atoms with E-state index in [2.05, 4.69) is 4.74 Å². The Kier molecular flexibility index (Phi) is 4.56. The van der Waals surface area contributed by atoms with Gasteiger partial charge in [0.25, 0.3) is 0 Å². The normalized spacial score (nSPS) is 19.8. The molecule has 1 atom stereocenters. The zero-order valence-corrected chi connectivity index (χ0v) is 11.3. The fourth-order valence-electron chi connectivity index (χ4n) is 2.83. The Morgan fingerprint density at radius 2 is 1.90 bits per heavy atom. The number of hydrogen-bond acceptors (Lipinski definition) is 3. The SMILES string of the molecule is O=[C]C(c1cccc(OC(F)(F)F)c1)C1(O)CCCCC1. The summed E-state index contributed by atoms with van der Waals surface area (Å²) in [7, 11) is 0. The highest BCUT2D eigenvalue weighted by Gasteiger charge is 2.39. The number of halogens is 3. The molecule has 1 N–H and O–H groups in total. The van der Waals surface area contributed by atoms with Crippen molar-refractivity contribution >= 4 is 6.29 Å². The molecule has 0 heterocycles. The molecule has 0 bridgehead atoms. The Labute approximate surface area is 120 Å². The maximum Gasteiger partial charge on any atom is 0.573 e. The summed E-state index contributed by atoms with van der Waals surface area (Å²) in [6.45, 7) is 0. The lowest BCUT2D eigenvalue weighted by molar-refractivity contribution is -0.274. The zero-order chi connectivity index (χ0) is 15.5. The van der Waals surface area contributed by atoms with Crippen molar-refractivity contribution < 1.29 is 27.8 Å². The first-order chi connectivity index (χ1) is 9.84. The standard InChI is InChI=1S/C15H16F3O3/c16-15(17,18)21-12-6-4-5-11(9-12)13(10-19)14(20)7-2-1-3-8-14/h4-6,9,13,20H,1-3,7-8H2. The van der Waals surface area contributed by atoms with Crippen molar-refractivity contribution in [2.75, 3.05) is 0 Å². The highest BCUT2D eigenvalue weighted by atomic mass is 19.4. The van der Waals surface area contributed by atoms with Crippen LogP contribution in [0.2, 0.25) is 0 Å². The monoisotopic (exact) mass is 301 g/mol. The minimum atomic E-state index is -4.79. The fourth-order valence-corrected chi connectivity index (χ4v) is 2.83. The molecule has 1 aromatic rings. The summed E-state index contributed by atoms with van der Waals surface area (Å²) >= 11 is 0. The maximum absolute atomic E-state index is 12.2. The van der Waals surface area contributed by atoms with Crippen molar-refractivity contribution in [3.05, 3.63) is 29.8 Å². The third-order valence-corrected chi connectivity index (χ3v) is 3.80. The van der Waals surface area contributed by atoms with E-state index in [0.29, 0.717) is 12.8 Å². The van der Waals surface area contributed by atoms with Crippen molar-refractivity contribution in [1.82, 2.24) is 0 Å². The van der Waals surface area contributed by atoms with E-state index in [1.807, 2.05) is 0 Å². The van der Waals surface area contributed by atoms with Gasteiger partial charge in [0.1, 0.15) is 5.75 Å². The number of hydrogen-bond donors (Lipinski definition) is 1. The molecule has 0 saturated heterocycles. The summed E-state index contributed by atoms with van der Waals surface area (Å²) in [5.41, 5.74) is -0.951. The van der Waals surface area contributed by atoms with E-state index in [-0.39, 0.29) is 5.56 Å². The molecule has 1 aromatic carbocycles. The van der Waals surface area contributed by atoms with Gasteiger partial charge in [-0.2, -0.15) is 0 Å². The first-order valence-electron chi connectivity index (χ1n) is 6.80. The van der Waals surface area contributed by atoms with E-state index in [9.17, 15) is 23.1 Å². The van der Waals surface area contributed by atoms with Crippen LogP contribution in [-0.4, -0.2) is 23.4 Å². The second-order valence-corrected chi connectivity index (χ2v) is 5.34. The van der Waals surface area contributed by atoms with Gasteiger partial charge in [-0.1, -0.05) is 31.4 Å². The largest absolute Gasteiger partial charge is 0.573 e. The summed E-state index contributed by atoms with van der Waals surface area (Å²) < 4.78 is 40.6. The van der Waals surface area contributed by atoms with Crippen LogP contribution in [0.25, 0.3) is 0 Å². The van der Waals surface area contributed by atoms with Crippen LogP contribution in [0, 0.1) is 0 Å². The lowest BCUT2D eigenvalue weighted by atomic mass is 9.73. The van der Waals surface area contributed by atoms with Gasteiger partial charge in [-0.05, 0) is 30.5 Å². The first-order valence-corrected chi connectivity index (χ1v) is 6.80.